The number of fused-ring (bicyclic) bond motifs is 16. The fourth-order valence-electron chi connectivity index (χ4n) is 16.1. The number of rotatable bonds is 7. The van der Waals surface area contributed by atoms with Crippen molar-refractivity contribution in [2.75, 3.05) is 14.7 Å². The van der Waals surface area contributed by atoms with Gasteiger partial charge < -0.3 is 24.0 Å². The Bertz CT molecular complexity index is 5660. The standard InChI is InChI=1S/C84H52B2N4OS/c1-6-27-53(28-7-1)58-37-16-21-44-67(58)89-70-50-71-66(49-65(70)86-64-43-20-24-47-75(64)91-84-79-62-39-18-25-48-76(62)92-77(79)52-74(89)81(84)86)85-63-42-19-23-46-69(63)88(57-35-14-5-15-36-57)83-78-61-38-17-22-45-68(61)87(56-33-12-4-13-34-56)72(78)51-73(80(83)85)90(71)82-59(54-29-8-2-9-30-54)40-26-41-60(82)55-31-10-3-11-32-55/h1-52H. The number of para-hydroxylation sites is 7. The SMILES string of the molecule is c1ccc(-c2ccccc2N2c3cc4c(cc3B3c5ccccc5Oc5c3c2cc2sc3ccccc3c52)B2c3ccccc3N(c3ccccc3)c3c2c(cc2c3c3ccccc3n2-c2ccccc2)N4c2c(-c3ccccc3)cccc2-c2ccccc2)cc1. The predicted octanol–water partition coefficient (Wildman–Crippen LogP) is 18.6. The minimum atomic E-state index is -0.232. The molecule has 0 radical (unpaired) electrons. The molecule has 20 rings (SSSR count). The molecule has 4 aliphatic rings. The molecule has 0 unspecified atom stereocenters. The number of ether oxygens (including phenoxy) is 1. The third kappa shape index (κ3) is 7.32. The minimum Gasteiger partial charge on any atom is -0.458 e. The van der Waals surface area contributed by atoms with E-state index in [1.165, 1.54) is 58.6 Å². The van der Waals surface area contributed by atoms with Gasteiger partial charge in [0.25, 0.3) is 13.4 Å². The fraction of sp³-hybridized carbons (Fsp3) is 0. The van der Waals surface area contributed by atoms with Crippen molar-refractivity contribution >= 4 is 151 Å². The van der Waals surface area contributed by atoms with E-state index in [0.717, 1.165) is 118 Å². The summed E-state index contributed by atoms with van der Waals surface area (Å²) < 4.78 is 12.4. The molecule has 0 spiro atoms. The number of aromatic nitrogens is 1. The average molecular weight is 1190 g/mol. The molecule has 0 N–H and O–H groups in total. The highest BCUT2D eigenvalue weighted by atomic mass is 32.1. The van der Waals surface area contributed by atoms with Gasteiger partial charge in [0, 0.05) is 87.4 Å². The number of benzene rings is 14. The van der Waals surface area contributed by atoms with Gasteiger partial charge in [-0.2, -0.15) is 0 Å². The Hall–Kier alpha value is -11.6. The molecule has 4 aliphatic heterocycles. The van der Waals surface area contributed by atoms with Crippen LogP contribution in [0.4, 0.5) is 51.2 Å². The summed E-state index contributed by atoms with van der Waals surface area (Å²) >= 11 is 1.85. The van der Waals surface area contributed by atoms with Crippen LogP contribution in [-0.2, 0) is 0 Å². The van der Waals surface area contributed by atoms with Gasteiger partial charge in [0.1, 0.15) is 11.5 Å². The molecular weight excluding hydrogens is 1130 g/mol. The molecule has 6 heterocycles. The van der Waals surface area contributed by atoms with Gasteiger partial charge in [0.05, 0.1) is 28.1 Å². The average Bonchev–Trinajstić information content (AvgIpc) is 1.12. The zero-order valence-corrected chi connectivity index (χ0v) is 50.6. The van der Waals surface area contributed by atoms with Gasteiger partial charge in [0.2, 0.25) is 0 Å². The second kappa shape index (κ2) is 20.0. The van der Waals surface area contributed by atoms with E-state index in [9.17, 15) is 0 Å². The number of nitrogens with zero attached hydrogens (tertiary/aromatic N) is 4. The quantitative estimate of drug-likeness (QED) is 0.148. The van der Waals surface area contributed by atoms with Gasteiger partial charge in [-0.25, -0.2) is 0 Å². The van der Waals surface area contributed by atoms with Crippen molar-refractivity contribution in [3.05, 3.63) is 315 Å². The second-order valence-electron chi connectivity index (χ2n) is 24.5. The van der Waals surface area contributed by atoms with Gasteiger partial charge in [-0.3, -0.25) is 0 Å². The molecule has 2 aromatic heterocycles. The van der Waals surface area contributed by atoms with E-state index in [-0.39, 0.29) is 13.4 Å². The third-order valence-corrected chi connectivity index (χ3v) is 20.9. The Kier molecular flexibility index (Phi) is 11.1. The Balaban J connectivity index is 1.00. The van der Waals surface area contributed by atoms with Crippen LogP contribution in [0.15, 0.2) is 315 Å². The lowest BCUT2D eigenvalue weighted by Crippen LogP contribution is -2.64. The van der Waals surface area contributed by atoms with E-state index >= 15 is 0 Å². The van der Waals surface area contributed by atoms with Crippen LogP contribution in [0.3, 0.4) is 0 Å². The number of anilines is 9. The van der Waals surface area contributed by atoms with Crippen LogP contribution in [0.5, 0.6) is 11.5 Å². The molecule has 0 bridgehead atoms. The highest BCUT2D eigenvalue weighted by molar-refractivity contribution is 7.26. The molecule has 8 heteroatoms. The van der Waals surface area contributed by atoms with Crippen molar-refractivity contribution in [1.82, 2.24) is 4.57 Å². The summed E-state index contributed by atoms with van der Waals surface area (Å²) in [6, 6.07) is 117. The molecule has 92 heavy (non-hydrogen) atoms. The Morgan fingerprint density at radius 1 is 0.293 bits per heavy atom. The number of hydrogen-bond donors (Lipinski definition) is 0. The van der Waals surface area contributed by atoms with Crippen LogP contribution in [0.25, 0.3) is 81.0 Å². The van der Waals surface area contributed by atoms with E-state index in [2.05, 4.69) is 335 Å². The second-order valence-corrected chi connectivity index (χ2v) is 25.6. The zero-order valence-electron chi connectivity index (χ0n) is 49.8. The van der Waals surface area contributed by atoms with Crippen molar-refractivity contribution < 1.29 is 4.74 Å². The van der Waals surface area contributed by atoms with Crippen LogP contribution >= 0.6 is 11.3 Å². The first-order valence-corrected chi connectivity index (χ1v) is 32.5. The lowest BCUT2D eigenvalue weighted by Gasteiger charge is -2.47. The maximum atomic E-state index is 7.50. The molecule has 0 saturated carbocycles. The molecule has 0 saturated heterocycles. The molecule has 0 aliphatic carbocycles. The highest BCUT2D eigenvalue weighted by Crippen LogP contribution is 2.56. The summed E-state index contributed by atoms with van der Waals surface area (Å²) in [5, 5.41) is 4.78. The van der Waals surface area contributed by atoms with E-state index in [1.54, 1.807) is 0 Å². The summed E-state index contributed by atoms with van der Waals surface area (Å²) in [6.07, 6.45) is 0. The van der Waals surface area contributed by atoms with Crippen LogP contribution < -0.4 is 52.2 Å². The van der Waals surface area contributed by atoms with E-state index in [0.29, 0.717) is 0 Å². The molecule has 14 aromatic carbocycles. The zero-order chi connectivity index (χ0) is 60.1. The lowest BCUT2D eigenvalue weighted by molar-refractivity contribution is 0.493. The largest absolute Gasteiger partial charge is 0.458 e. The third-order valence-electron chi connectivity index (χ3n) is 19.8. The first-order valence-electron chi connectivity index (χ1n) is 31.7. The smallest absolute Gasteiger partial charge is 0.256 e. The molecule has 0 fully saturated rings. The van der Waals surface area contributed by atoms with Crippen molar-refractivity contribution in [3.63, 3.8) is 0 Å². The maximum absolute atomic E-state index is 7.50. The summed E-state index contributed by atoms with van der Waals surface area (Å²) in [4.78, 5) is 7.90. The van der Waals surface area contributed by atoms with E-state index in [1.807, 2.05) is 11.3 Å². The van der Waals surface area contributed by atoms with E-state index in [4.69, 9.17) is 4.74 Å². The van der Waals surface area contributed by atoms with E-state index < -0.39 is 0 Å². The van der Waals surface area contributed by atoms with Gasteiger partial charge in [-0.15, -0.1) is 11.3 Å². The first kappa shape index (κ1) is 51.3. The summed E-state index contributed by atoms with van der Waals surface area (Å²) in [5.41, 5.74) is 27.6. The number of hydrogen-bond acceptors (Lipinski definition) is 5. The predicted molar refractivity (Wildman–Crippen MR) is 390 cm³/mol. The number of thiophene rings is 1. The van der Waals surface area contributed by atoms with Crippen molar-refractivity contribution in [2.24, 2.45) is 0 Å². The van der Waals surface area contributed by atoms with Crippen LogP contribution in [0, 0.1) is 0 Å². The molecule has 5 nitrogen and oxygen atoms in total. The van der Waals surface area contributed by atoms with Gasteiger partial charge in [-0.05, 0) is 122 Å². The van der Waals surface area contributed by atoms with Crippen molar-refractivity contribution in [2.45, 2.75) is 0 Å². The summed E-state index contributed by atoms with van der Waals surface area (Å²) in [6.45, 7) is -0.436. The Morgan fingerprint density at radius 3 is 1.54 bits per heavy atom. The van der Waals surface area contributed by atoms with Gasteiger partial charge in [-0.1, -0.05) is 243 Å². The normalized spacial score (nSPS) is 13.2. The lowest BCUT2D eigenvalue weighted by atomic mass is 9.30. The highest BCUT2D eigenvalue weighted by Gasteiger charge is 2.50. The maximum Gasteiger partial charge on any atom is 0.256 e. The Labute approximate surface area is 537 Å². The van der Waals surface area contributed by atoms with Crippen LogP contribution in [0.1, 0.15) is 0 Å². The van der Waals surface area contributed by atoms with Crippen LogP contribution in [0.2, 0.25) is 0 Å². The molecule has 0 atom stereocenters. The topological polar surface area (TPSA) is 23.9 Å². The van der Waals surface area contributed by atoms with Gasteiger partial charge >= 0.3 is 0 Å². The minimum absolute atomic E-state index is 0.203. The monoisotopic (exact) mass is 1190 g/mol. The summed E-state index contributed by atoms with van der Waals surface area (Å²) in [5.74, 6) is 1.82. The fourth-order valence-corrected chi connectivity index (χ4v) is 17.2. The van der Waals surface area contributed by atoms with Crippen molar-refractivity contribution in [1.29, 1.82) is 0 Å². The molecule has 426 valence electrons. The van der Waals surface area contributed by atoms with Gasteiger partial charge in [0.15, 0.2) is 0 Å². The van der Waals surface area contributed by atoms with Crippen LogP contribution in [-0.4, -0.2) is 18.0 Å². The molecule has 16 aromatic rings. The molecule has 0 amide bonds. The van der Waals surface area contributed by atoms with Crippen molar-refractivity contribution in [3.8, 4) is 50.6 Å². The molecular formula is C84H52B2N4OS. The first-order chi connectivity index (χ1) is 45.7. The Morgan fingerprint density at radius 2 is 0.826 bits per heavy atom. The summed E-state index contributed by atoms with van der Waals surface area (Å²) in [7, 11) is 0.